The first-order valence-electron chi connectivity index (χ1n) is 29.4. The third-order valence-corrected chi connectivity index (χ3v) is 13.0. The summed E-state index contributed by atoms with van der Waals surface area (Å²) in [4.78, 5) is 55.6. The van der Waals surface area contributed by atoms with Gasteiger partial charge in [-0.1, -0.05) is 301 Å². The number of aliphatic hydroxyl groups is 1. The molecule has 0 spiro atoms. The Balaban J connectivity index is 0.000000315. The van der Waals surface area contributed by atoms with E-state index in [-0.39, 0.29) is 152 Å². The molecule has 0 aromatic heterocycles. The van der Waals surface area contributed by atoms with Crippen LogP contribution in [0.4, 0.5) is 0 Å². The Bertz CT molecular complexity index is 3750. The van der Waals surface area contributed by atoms with Crippen LogP contribution in [-0.2, 0) is 0 Å². The molecular formula is C80H68Dy2N2O13. The molecule has 496 valence electrons. The van der Waals surface area contributed by atoms with Crippen molar-refractivity contribution in [3.63, 3.8) is 0 Å². The monoisotopic (exact) mass is 1590 g/mol. The van der Waals surface area contributed by atoms with Gasteiger partial charge in [0.05, 0.1) is 26.8 Å². The van der Waals surface area contributed by atoms with Gasteiger partial charge < -0.3 is 45.2 Å². The van der Waals surface area contributed by atoms with Crippen LogP contribution >= 0.6 is 0 Å². The van der Waals surface area contributed by atoms with Crippen LogP contribution in [0.5, 0.6) is 23.0 Å². The number of benzene rings is 10. The van der Waals surface area contributed by atoms with Gasteiger partial charge in [0.1, 0.15) is 11.5 Å². The third-order valence-electron chi connectivity index (χ3n) is 13.0. The summed E-state index contributed by atoms with van der Waals surface area (Å²) in [6.07, 6.45) is 7.56. The summed E-state index contributed by atoms with van der Waals surface area (Å²) >= 11 is 0. The average molecular weight is 1590 g/mol. The van der Waals surface area contributed by atoms with Crippen LogP contribution in [0.15, 0.2) is 313 Å². The maximum atomic E-state index is 12.0. The number of hydrogen-bond acceptors (Lipinski definition) is 15. The second-order valence-corrected chi connectivity index (χ2v) is 19.8. The van der Waals surface area contributed by atoms with Crippen molar-refractivity contribution >= 4 is 58.6 Å². The van der Waals surface area contributed by atoms with E-state index in [1.54, 1.807) is 231 Å². The molecule has 0 unspecified atom stereocenters. The fourth-order valence-electron chi connectivity index (χ4n) is 8.11. The molecule has 0 fully saturated rings. The maximum Gasteiger partial charge on any atom is 3.00 e. The molecule has 1 N–H and O–H groups in total. The van der Waals surface area contributed by atoms with Crippen molar-refractivity contribution in [2.24, 2.45) is 9.98 Å². The van der Waals surface area contributed by atoms with E-state index in [9.17, 15) is 49.8 Å². The quantitative estimate of drug-likeness (QED) is 0.0342. The zero-order valence-corrected chi connectivity index (χ0v) is 57.2. The Morgan fingerprint density at radius 2 is 0.567 bits per heavy atom. The molecule has 0 aliphatic heterocycles. The van der Waals surface area contributed by atoms with Gasteiger partial charge in [-0.15, -0.1) is 0 Å². The summed E-state index contributed by atoms with van der Waals surface area (Å²) in [5, 5.41) is 78.0. The molecule has 1 atom stereocenters. The second-order valence-electron chi connectivity index (χ2n) is 19.8. The van der Waals surface area contributed by atoms with Crippen molar-refractivity contribution in [1.29, 1.82) is 0 Å². The molecule has 17 heteroatoms. The number of carbonyl (C=O) groups is 4. The number of methoxy groups -OCH3 is 2. The Morgan fingerprint density at radius 3 is 0.794 bits per heavy atom. The van der Waals surface area contributed by atoms with E-state index in [0.29, 0.717) is 62.2 Å². The largest absolute Gasteiger partial charge is 3.00 e. The van der Waals surface area contributed by atoms with Crippen LogP contribution in [0.1, 0.15) is 81.7 Å². The maximum absolute atomic E-state index is 12.0. The zero-order chi connectivity index (χ0) is 68.6. The van der Waals surface area contributed by atoms with Gasteiger partial charge in [-0.3, -0.25) is 29.2 Å². The number of nitrogens with zero attached hydrogens (tertiary/aromatic N) is 2. The first-order valence-corrected chi connectivity index (χ1v) is 29.4. The SMILES string of the molecule is CO.COc1cccc(C=NC[C@H](C)N=Cc2cccc(OC)c2[O-])c1[O-].O=C(/C=C(\[O-])c1ccccc1)c1ccccc1.O=C(/C=C(\[O-])c1ccccc1)c1ccccc1.O=C(/C=C(\[O-])c1ccccc1)c1ccccc1.O=C(/C=C(\[O-])c1ccccc1)c1ccccc1.[Dy+3].[Dy+3]. The molecule has 0 saturated heterocycles. The smallest absolute Gasteiger partial charge is 0.872 e. The molecule has 0 bridgehead atoms. The number of para-hydroxylation sites is 2. The van der Waals surface area contributed by atoms with Crippen molar-refractivity contribution < 1.29 is 141 Å². The fraction of sp³-hybridized carbons (Fsp3) is 0.0750. The molecule has 15 nitrogen and oxygen atoms in total. The summed E-state index contributed by atoms with van der Waals surface area (Å²) in [5.41, 5.74) is 5.12. The van der Waals surface area contributed by atoms with Crippen molar-refractivity contribution in [2.75, 3.05) is 27.9 Å². The standard InChI is InChI=1S/C19H22N2O4.4C15H12O2.CH4O.2Dy/c1-13(21-12-15-7-5-9-17(25-3)19(15)23)10-20-11-14-6-4-8-16(24-2)18(14)22;4*16-14(12-7-3-1-4-8-12)11-15(17)13-9-5-2-6-10-13;1-2;;/h4-9,11-13,22-23H,10H2,1-3H3;4*1-11,16H;2H,1H3;;/q;;;;;;2*+3/p-6/b;4*14-11-;;;/t13-;;;;;;;/m0......./s1. The number of aliphatic imine (C=N–C) groups is 2. The first-order chi connectivity index (χ1) is 46.1. The van der Waals surface area contributed by atoms with E-state index in [2.05, 4.69) is 9.98 Å². The van der Waals surface area contributed by atoms with Gasteiger partial charge in [0.15, 0.2) is 23.1 Å². The summed E-state index contributed by atoms with van der Waals surface area (Å²) in [7, 11) is 3.91. The molecule has 0 amide bonds. The topological polar surface area (TPSA) is 270 Å². The molecule has 10 aromatic rings. The van der Waals surface area contributed by atoms with Gasteiger partial charge in [-0.25, -0.2) is 0 Å². The summed E-state index contributed by atoms with van der Waals surface area (Å²) in [6, 6.07) is 80.0. The molecular weight excluding hydrogens is 1520 g/mol. The fourth-order valence-corrected chi connectivity index (χ4v) is 8.11. The number of aliphatic hydroxyl groups excluding tert-OH is 1. The molecule has 2 radical (unpaired) electrons. The minimum atomic E-state index is -0.264. The number of rotatable bonds is 19. The van der Waals surface area contributed by atoms with Crippen molar-refractivity contribution in [3.8, 4) is 23.0 Å². The minimum absolute atomic E-state index is 0. The van der Waals surface area contributed by atoms with Crippen LogP contribution < -0.4 is 40.1 Å². The summed E-state index contributed by atoms with van der Waals surface area (Å²) in [5.74, 6) is -1.93. The van der Waals surface area contributed by atoms with E-state index in [1.807, 2.05) is 55.5 Å². The van der Waals surface area contributed by atoms with Crippen LogP contribution in [0.3, 0.4) is 0 Å². The molecule has 10 aromatic carbocycles. The van der Waals surface area contributed by atoms with Gasteiger partial charge in [0.2, 0.25) is 0 Å². The molecule has 0 heterocycles. The number of ether oxygens (including phenoxy) is 2. The predicted molar refractivity (Wildman–Crippen MR) is 363 cm³/mol. The van der Waals surface area contributed by atoms with Crippen LogP contribution in [0.2, 0.25) is 0 Å². The van der Waals surface area contributed by atoms with Gasteiger partial charge in [-0.05, 0) is 76.7 Å². The van der Waals surface area contributed by atoms with Gasteiger partial charge in [0, 0.05) is 41.8 Å². The second kappa shape index (κ2) is 46.2. The van der Waals surface area contributed by atoms with E-state index < -0.39 is 0 Å². The van der Waals surface area contributed by atoms with E-state index >= 15 is 0 Å². The Kier molecular flexibility index (Phi) is 38.8. The average Bonchev–Trinajstić information content (AvgIpc) is 1.29. The Morgan fingerprint density at radius 1 is 0.351 bits per heavy atom. The molecule has 0 aliphatic carbocycles. The van der Waals surface area contributed by atoms with Gasteiger partial charge in [-0.2, -0.15) is 0 Å². The van der Waals surface area contributed by atoms with Crippen LogP contribution in [-0.4, -0.2) is 74.6 Å². The van der Waals surface area contributed by atoms with Crippen molar-refractivity contribution in [1.82, 2.24) is 0 Å². The van der Waals surface area contributed by atoms with Crippen LogP contribution in [0.25, 0.3) is 23.0 Å². The Labute approximate surface area is 626 Å². The molecule has 0 aliphatic rings. The molecule has 10 rings (SSSR count). The molecule has 97 heavy (non-hydrogen) atoms. The van der Waals surface area contributed by atoms with Gasteiger partial charge in [0.25, 0.3) is 0 Å². The first kappa shape index (κ1) is 81.3. The Hall–Kier alpha value is -9.91. The van der Waals surface area contributed by atoms with E-state index in [0.717, 1.165) is 31.4 Å². The number of ketones is 4. The number of carbonyl (C=O) groups excluding carboxylic acids is 4. The van der Waals surface area contributed by atoms with E-state index in [4.69, 9.17) is 14.6 Å². The van der Waals surface area contributed by atoms with Gasteiger partial charge >= 0.3 is 76.3 Å². The molecule has 0 saturated carbocycles. The number of hydrogen-bond donors (Lipinski definition) is 1. The number of allylic oxidation sites excluding steroid dienone is 4. The van der Waals surface area contributed by atoms with Crippen molar-refractivity contribution in [2.45, 2.75) is 13.0 Å². The minimum Gasteiger partial charge on any atom is -0.872 e. The zero-order valence-electron chi connectivity index (χ0n) is 53.2. The summed E-state index contributed by atoms with van der Waals surface area (Å²) in [6.45, 7) is 2.27. The van der Waals surface area contributed by atoms with Crippen LogP contribution in [0, 0.1) is 76.3 Å². The predicted octanol–water partition coefficient (Wildman–Crippen LogP) is 10.5. The van der Waals surface area contributed by atoms with E-state index in [1.165, 1.54) is 26.6 Å². The van der Waals surface area contributed by atoms with Crippen molar-refractivity contribution in [3.05, 3.63) is 359 Å². The summed E-state index contributed by atoms with van der Waals surface area (Å²) < 4.78 is 9.99. The third kappa shape index (κ3) is 28.9. The normalized spacial score (nSPS) is 11.1.